The van der Waals surface area contributed by atoms with Crippen LogP contribution in [0.3, 0.4) is 0 Å². The van der Waals surface area contributed by atoms with Crippen LogP contribution in [0, 0.1) is 12.8 Å². The number of benzene rings is 1. The number of hydrogen-bond acceptors (Lipinski definition) is 2. The first-order valence-electron chi connectivity index (χ1n) is 7.27. The van der Waals surface area contributed by atoms with Crippen LogP contribution in [0.1, 0.15) is 37.8 Å². The minimum absolute atomic E-state index is 0.559. The summed E-state index contributed by atoms with van der Waals surface area (Å²) >= 11 is 0. The van der Waals surface area contributed by atoms with E-state index >= 15 is 0 Å². The summed E-state index contributed by atoms with van der Waals surface area (Å²) in [6.45, 7) is 7.74. The summed E-state index contributed by atoms with van der Waals surface area (Å²) in [7, 11) is 0. The molecule has 3 heteroatoms. The van der Waals surface area contributed by atoms with E-state index < -0.39 is 5.97 Å². The standard InChI is InChI=1S/C17H23NO2/c1-12-5-4-10-18(14(12)3)16-8-6-15(13(2)11-16)7-9-17(19)20/h6-9,11-12,14H,4-5,10H2,1-3H3,(H,19,20). The highest BCUT2D eigenvalue weighted by Crippen LogP contribution is 2.29. The molecule has 0 aliphatic carbocycles. The van der Waals surface area contributed by atoms with Crippen molar-refractivity contribution in [1.82, 2.24) is 0 Å². The molecule has 0 saturated carbocycles. The Morgan fingerprint density at radius 1 is 1.40 bits per heavy atom. The molecule has 1 heterocycles. The lowest BCUT2D eigenvalue weighted by Gasteiger charge is -2.40. The molecule has 0 spiro atoms. The SMILES string of the molecule is Cc1cc(N2CCCC(C)C2C)ccc1C=CC(=O)O. The largest absolute Gasteiger partial charge is 0.478 e. The Morgan fingerprint density at radius 3 is 2.80 bits per heavy atom. The molecule has 1 aliphatic rings. The van der Waals surface area contributed by atoms with E-state index in [9.17, 15) is 4.79 Å². The minimum atomic E-state index is -0.910. The first-order chi connectivity index (χ1) is 9.49. The Labute approximate surface area is 120 Å². The second-order valence-electron chi connectivity index (χ2n) is 5.77. The van der Waals surface area contributed by atoms with Gasteiger partial charge in [-0.15, -0.1) is 0 Å². The number of hydrogen-bond donors (Lipinski definition) is 1. The Balaban J connectivity index is 2.22. The van der Waals surface area contributed by atoms with E-state index in [0.29, 0.717) is 6.04 Å². The topological polar surface area (TPSA) is 40.5 Å². The summed E-state index contributed by atoms with van der Waals surface area (Å²) in [6.07, 6.45) is 5.39. The number of carbonyl (C=O) groups is 1. The molecule has 0 amide bonds. The maximum absolute atomic E-state index is 10.6. The Bertz CT molecular complexity index is 522. The molecular formula is C17H23NO2. The number of carboxylic acid groups (broad SMARTS) is 1. The van der Waals surface area contributed by atoms with Crippen LogP contribution < -0.4 is 4.90 Å². The summed E-state index contributed by atoms with van der Waals surface area (Å²) < 4.78 is 0. The van der Waals surface area contributed by atoms with Crippen molar-refractivity contribution in [2.24, 2.45) is 5.92 Å². The third-order valence-electron chi connectivity index (χ3n) is 4.36. The van der Waals surface area contributed by atoms with Crippen LogP contribution in [-0.4, -0.2) is 23.7 Å². The molecule has 2 unspecified atom stereocenters. The molecule has 0 bridgehead atoms. The molecule has 1 aromatic rings. The number of piperidine rings is 1. The highest BCUT2D eigenvalue weighted by Gasteiger charge is 2.24. The lowest BCUT2D eigenvalue weighted by Crippen LogP contribution is -2.42. The molecule has 108 valence electrons. The number of carboxylic acids is 1. The third kappa shape index (κ3) is 3.21. The van der Waals surface area contributed by atoms with Gasteiger partial charge in [-0.2, -0.15) is 0 Å². The van der Waals surface area contributed by atoms with E-state index in [1.807, 2.05) is 13.0 Å². The van der Waals surface area contributed by atoms with Gasteiger partial charge in [-0.3, -0.25) is 0 Å². The van der Waals surface area contributed by atoms with E-state index in [1.54, 1.807) is 6.08 Å². The molecular weight excluding hydrogens is 250 g/mol. The zero-order valence-electron chi connectivity index (χ0n) is 12.5. The van der Waals surface area contributed by atoms with Crippen molar-refractivity contribution in [1.29, 1.82) is 0 Å². The summed E-state index contributed by atoms with van der Waals surface area (Å²) in [5.41, 5.74) is 3.33. The van der Waals surface area contributed by atoms with Crippen molar-refractivity contribution in [3.8, 4) is 0 Å². The van der Waals surface area contributed by atoms with Crippen LogP contribution in [0.2, 0.25) is 0 Å². The number of aryl methyl sites for hydroxylation is 1. The van der Waals surface area contributed by atoms with Gasteiger partial charge in [0.05, 0.1) is 0 Å². The molecule has 0 radical (unpaired) electrons. The molecule has 1 aliphatic heterocycles. The zero-order valence-corrected chi connectivity index (χ0v) is 12.5. The van der Waals surface area contributed by atoms with Crippen molar-refractivity contribution in [2.45, 2.75) is 39.7 Å². The minimum Gasteiger partial charge on any atom is -0.478 e. The predicted molar refractivity (Wildman–Crippen MR) is 83.1 cm³/mol. The number of aliphatic carboxylic acids is 1. The van der Waals surface area contributed by atoms with Crippen LogP contribution in [0.5, 0.6) is 0 Å². The lowest BCUT2D eigenvalue weighted by molar-refractivity contribution is -0.131. The number of rotatable bonds is 3. The smallest absolute Gasteiger partial charge is 0.328 e. The van der Waals surface area contributed by atoms with Crippen molar-refractivity contribution >= 4 is 17.7 Å². The van der Waals surface area contributed by atoms with Crippen LogP contribution in [0.4, 0.5) is 5.69 Å². The fourth-order valence-electron chi connectivity index (χ4n) is 2.89. The van der Waals surface area contributed by atoms with Crippen LogP contribution in [-0.2, 0) is 4.79 Å². The van der Waals surface area contributed by atoms with Gasteiger partial charge >= 0.3 is 5.97 Å². The van der Waals surface area contributed by atoms with Crippen LogP contribution >= 0.6 is 0 Å². The van der Waals surface area contributed by atoms with Gasteiger partial charge in [-0.1, -0.05) is 13.0 Å². The van der Waals surface area contributed by atoms with E-state index in [-0.39, 0.29) is 0 Å². The Morgan fingerprint density at radius 2 is 2.15 bits per heavy atom. The fourth-order valence-corrected chi connectivity index (χ4v) is 2.89. The van der Waals surface area contributed by atoms with Crippen molar-refractivity contribution in [3.05, 3.63) is 35.4 Å². The van der Waals surface area contributed by atoms with Gasteiger partial charge in [0.15, 0.2) is 0 Å². The predicted octanol–water partition coefficient (Wildman–Crippen LogP) is 3.72. The molecule has 0 aromatic heterocycles. The molecule has 3 nitrogen and oxygen atoms in total. The van der Waals surface area contributed by atoms with Gasteiger partial charge in [-0.25, -0.2) is 4.79 Å². The summed E-state index contributed by atoms with van der Waals surface area (Å²) in [6, 6.07) is 6.83. The van der Waals surface area contributed by atoms with Gasteiger partial charge in [0.1, 0.15) is 0 Å². The van der Waals surface area contributed by atoms with Crippen LogP contribution in [0.15, 0.2) is 24.3 Å². The number of nitrogens with zero attached hydrogens (tertiary/aromatic N) is 1. The molecule has 2 atom stereocenters. The summed E-state index contributed by atoms with van der Waals surface area (Å²) in [5.74, 6) is -0.192. The summed E-state index contributed by atoms with van der Waals surface area (Å²) in [4.78, 5) is 13.0. The fraction of sp³-hybridized carbons (Fsp3) is 0.471. The molecule has 2 rings (SSSR count). The van der Waals surface area contributed by atoms with E-state index in [1.165, 1.54) is 24.6 Å². The highest BCUT2D eigenvalue weighted by molar-refractivity contribution is 5.85. The van der Waals surface area contributed by atoms with Gasteiger partial charge in [0.25, 0.3) is 0 Å². The van der Waals surface area contributed by atoms with Gasteiger partial charge < -0.3 is 10.0 Å². The summed E-state index contributed by atoms with van der Waals surface area (Å²) in [5, 5.41) is 8.69. The van der Waals surface area contributed by atoms with E-state index in [0.717, 1.165) is 23.6 Å². The maximum Gasteiger partial charge on any atom is 0.328 e. The first-order valence-corrected chi connectivity index (χ1v) is 7.27. The van der Waals surface area contributed by atoms with Gasteiger partial charge in [0.2, 0.25) is 0 Å². The average molecular weight is 273 g/mol. The van der Waals surface area contributed by atoms with E-state index in [2.05, 4.69) is 30.9 Å². The highest BCUT2D eigenvalue weighted by atomic mass is 16.4. The first kappa shape index (κ1) is 14.6. The lowest BCUT2D eigenvalue weighted by atomic mass is 9.91. The quantitative estimate of drug-likeness (QED) is 0.853. The van der Waals surface area contributed by atoms with E-state index in [4.69, 9.17) is 5.11 Å². The van der Waals surface area contributed by atoms with Crippen molar-refractivity contribution in [2.75, 3.05) is 11.4 Å². The third-order valence-corrected chi connectivity index (χ3v) is 4.36. The zero-order chi connectivity index (χ0) is 14.7. The Hall–Kier alpha value is -1.77. The molecule has 1 N–H and O–H groups in total. The Kier molecular flexibility index (Phi) is 4.48. The van der Waals surface area contributed by atoms with Crippen molar-refractivity contribution < 1.29 is 9.90 Å². The second kappa shape index (κ2) is 6.12. The average Bonchev–Trinajstić information content (AvgIpc) is 2.40. The maximum atomic E-state index is 10.6. The van der Waals surface area contributed by atoms with Gasteiger partial charge in [-0.05, 0) is 61.9 Å². The van der Waals surface area contributed by atoms with Crippen LogP contribution in [0.25, 0.3) is 6.08 Å². The van der Waals surface area contributed by atoms with Gasteiger partial charge in [0, 0.05) is 24.4 Å². The molecule has 1 aromatic carbocycles. The number of anilines is 1. The molecule has 20 heavy (non-hydrogen) atoms. The molecule has 1 saturated heterocycles. The molecule has 1 fully saturated rings. The monoisotopic (exact) mass is 273 g/mol. The second-order valence-corrected chi connectivity index (χ2v) is 5.77. The van der Waals surface area contributed by atoms with Crippen molar-refractivity contribution in [3.63, 3.8) is 0 Å². The normalized spacial score (nSPS) is 23.2.